The highest BCUT2D eigenvalue weighted by Gasteiger charge is 2.31. The number of aryl methyl sites for hydroxylation is 1. The van der Waals surface area contributed by atoms with Gasteiger partial charge in [0.25, 0.3) is 0 Å². The molecule has 0 N–H and O–H groups in total. The van der Waals surface area contributed by atoms with Gasteiger partial charge in [0.05, 0.1) is 15.5 Å². The Morgan fingerprint density at radius 1 is 1.12 bits per heavy atom. The maximum atomic E-state index is 12.0. The van der Waals surface area contributed by atoms with Crippen molar-refractivity contribution < 1.29 is 12.6 Å². The first-order chi connectivity index (χ1) is 7.63. The molecule has 0 aliphatic rings. The minimum Gasteiger partial charge on any atom is -0.253 e. The Morgan fingerprint density at radius 2 is 1.59 bits per heavy atom. The summed E-state index contributed by atoms with van der Waals surface area (Å²) in [7, 11) is -4.85. The molecule has 1 aromatic carbocycles. The Hall–Kier alpha value is -0.680. The molecule has 0 aromatic heterocycles. The van der Waals surface area contributed by atoms with E-state index in [2.05, 4.69) is 0 Å². The van der Waals surface area contributed by atoms with E-state index < -0.39 is 25.4 Å². The number of benzene rings is 1. The third kappa shape index (κ3) is 3.64. The fourth-order valence-electron chi connectivity index (χ4n) is 1.08. The van der Waals surface area contributed by atoms with Gasteiger partial charge < -0.3 is 0 Å². The molecule has 0 bridgehead atoms. The van der Waals surface area contributed by atoms with Crippen LogP contribution in [0, 0.1) is 6.92 Å². The first-order valence-electron chi connectivity index (χ1n) is 5.31. The predicted octanol–water partition coefficient (Wildman–Crippen LogP) is 2.27. The zero-order valence-electron chi connectivity index (χ0n) is 10.6. The van der Waals surface area contributed by atoms with Crippen molar-refractivity contribution in [1.82, 2.24) is 0 Å². The summed E-state index contributed by atoms with van der Waals surface area (Å²) in [5.74, 6) is 0. The molecule has 0 spiro atoms. The average Bonchev–Trinajstić information content (AvgIpc) is 2.16. The summed E-state index contributed by atoms with van der Waals surface area (Å²) in [4.78, 5) is 0.559. The molecule has 96 valence electrons. The summed E-state index contributed by atoms with van der Waals surface area (Å²) in [6.07, 6.45) is 0. The molecule has 0 unspecified atom stereocenters. The standard InChI is InChI=1S/C12H18O3S2/c1-10-5-7-11(8-6-10)16(13)9-17(14,15)12(2,3)4/h5-8H,9H2,1-4H3/t16-/m1/s1. The normalized spacial score (nSPS) is 14.6. The van der Waals surface area contributed by atoms with Crippen LogP contribution in [0.3, 0.4) is 0 Å². The Kier molecular flexibility index (Phi) is 4.15. The van der Waals surface area contributed by atoms with E-state index in [0.717, 1.165) is 5.56 Å². The van der Waals surface area contributed by atoms with Gasteiger partial charge in [-0.2, -0.15) is 0 Å². The van der Waals surface area contributed by atoms with Crippen LogP contribution in [0.5, 0.6) is 0 Å². The number of hydrogen-bond donors (Lipinski definition) is 0. The van der Waals surface area contributed by atoms with Crippen molar-refractivity contribution in [3.63, 3.8) is 0 Å². The third-order valence-corrected chi connectivity index (χ3v) is 7.24. The molecule has 0 radical (unpaired) electrons. The lowest BCUT2D eigenvalue weighted by atomic mass is 10.2. The molecule has 5 heteroatoms. The van der Waals surface area contributed by atoms with Gasteiger partial charge in [0.1, 0.15) is 5.08 Å². The second-order valence-corrected chi connectivity index (χ2v) is 9.56. The van der Waals surface area contributed by atoms with Crippen molar-refractivity contribution in [3.8, 4) is 0 Å². The molecule has 3 nitrogen and oxygen atoms in total. The predicted molar refractivity (Wildman–Crippen MR) is 71.1 cm³/mol. The quantitative estimate of drug-likeness (QED) is 0.849. The smallest absolute Gasteiger partial charge is 0.167 e. The maximum absolute atomic E-state index is 12.0. The highest BCUT2D eigenvalue weighted by atomic mass is 32.3. The van der Waals surface area contributed by atoms with E-state index in [4.69, 9.17) is 0 Å². The van der Waals surface area contributed by atoms with Crippen LogP contribution in [-0.2, 0) is 20.6 Å². The highest BCUT2D eigenvalue weighted by Crippen LogP contribution is 2.19. The van der Waals surface area contributed by atoms with Crippen LogP contribution >= 0.6 is 0 Å². The zero-order valence-corrected chi connectivity index (χ0v) is 12.2. The van der Waals surface area contributed by atoms with Crippen molar-refractivity contribution >= 4 is 20.6 Å². The second kappa shape index (κ2) is 4.90. The molecule has 1 aromatic rings. The van der Waals surface area contributed by atoms with Gasteiger partial charge >= 0.3 is 0 Å². The van der Waals surface area contributed by atoms with Crippen molar-refractivity contribution in [1.29, 1.82) is 0 Å². The topological polar surface area (TPSA) is 51.2 Å². The summed E-state index contributed by atoms with van der Waals surface area (Å²) >= 11 is 0. The molecule has 0 amide bonds. The van der Waals surface area contributed by atoms with Gasteiger partial charge in [-0.1, -0.05) is 17.7 Å². The molecular weight excluding hydrogens is 256 g/mol. The van der Waals surface area contributed by atoms with E-state index in [9.17, 15) is 12.6 Å². The van der Waals surface area contributed by atoms with E-state index in [1.54, 1.807) is 32.9 Å². The third-order valence-electron chi connectivity index (χ3n) is 2.48. The van der Waals surface area contributed by atoms with Crippen molar-refractivity contribution in [2.24, 2.45) is 0 Å². The molecule has 0 saturated heterocycles. The van der Waals surface area contributed by atoms with Gasteiger partial charge in [-0.05, 0) is 39.8 Å². The first-order valence-corrected chi connectivity index (χ1v) is 8.28. The van der Waals surface area contributed by atoms with Crippen LogP contribution in [0.15, 0.2) is 29.2 Å². The van der Waals surface area contributed by atoms with Crippen LogP contribution in [0.25, 0.3) is 0 Å². The lowest BCUT2D eigenvalue weighted by Crippen LogP contribution is -2.31. The lowest BCUT2D eigenvalue weighted by molar-refractivity contribution is 0.564. The van der Waals surface area contributed by atoms with Crippen LogP contribution in [0.4, 0.5) is 0 Å². The molecule has 0 heterocycles. The van der Waals surface area contributed by atoms with Gasteiger partial charge in [0.15, 0.2) is 9.84 Å². The second-order valence-electron chi connectivity index (χ2n) is 5.00. The Balaban J connectivity index is 2.91. The summed E-state index contributed by atoms with van der Waals surface area (Å²) in [6, 6.07) is 7.08. The van der Waals surface area contributed by atoms with E-state index >= 15 is 0 Å². The van der Waals surface area contributed by atoms with Gasteiger partial charge in [-0.25, -0.2) is 8.42 Å². The Morgan fingerprint density at radius 3 is 2.00 bits per heavy atom. The van der Waals surface area contributed by atoms with Crippen molar-refractivity contribution in [2.45, 2.75) is 37.3 Å². The molecule has 0 aliphatic heterocycles. The van der Waals surface area contributed by atoms with Crippen LogP contribution in [0.1, 0.15) is 26.3 Å². The van der Waals surface area contributed by atoms with Crippen molar-refractivity contribution in [3.05, 3.63) is 29.8 Å². The van der Waals surface area contributed by atoms with E-state index in [1.807, 2.05) is 19.1 Å². The number of rotatable bonds is 3. The van der Waals surface area contributed by atoms with E-state index in [0.29, 0.717) is 4.90 Å². The SMILES string of the molecule is Cc1ccc([S@](=O)CS(=O)(=O)C(C)(C)C)cc1. The minimum atomic E-state index is -3.36. The zero-order chi connectivity index (χ0) is 13.3. The van der Waals surface area contributed by atoms with E-state index in [1.165, 1.54) is 0 Å². The monoisotopic (exact) mass is 274 g/mol. The molecular formula is C12H18O3S2. The van der Waals surface area contributed by atoms with Gasteiger partial charge in [0.2, 0.25) is 0 Å². The largest absolute Gasteiger partial charge is 0.253 e. The summed E-state index contributed by atoms with van der Waals surface area (Å²) < 4.78 is 34.9. The van der Waals surface area contributed by atoms with Crippen molar-refractivity contribution in [2.75, 3.05) is 5.08 Å². The maximum Gasteiger partial charge on any atom is 0.167 e. The van der Waals surface area contributed by atoms with Crippen LogP contribution in [-0.4, -0.2) is 22.5 Å². The highest BCUT2D eigenvalue weighted by molar-refractivity contribution is 8.06. The first kappa shape index (κ1) is 14.4. The molecule has 1 atom stereocenters. The lowest BCUT2D eigenvalue weighted by Gasteiger charge is -2.18. The molecule has 1 rings (SSSR count). The Bertz CT molecular complexity index is 508. The van der Waals surface area contributed by atoms with E-state index in [-0.39, 0.29) is 5.08 Å². The number of sulfone groups is 1. The molecule has 0 fully saturated rings. The summed E-state index contributed by atoms with van der Waals surface area (Å²) in [6.45, 7) is 6.79. The summed E-state index contributed by atoms with van der Waals surface area (Å²) in [5.41, 5.74) is 1.06. The summed E-state index contributed by atoms with van der Waals surface area (Å²) in [5, 5.41) is -0.320. The number of hydrogen-bond acceptors (Lipinski definition) is 3. The molecule has 17 heavy (non-hydrogen) atoms. The fraction of sp³-hybridized carbons (Fsp3) is 0.500. The minimum absolute atomic E-state index is 0.320. The van der Waals surface area contributed by atoms with Gasteiger partial charge in [0, 0.05) is 4.90 Å². The molecule has 0 saturated carbocycles. The fourth-order valence-corrected chi connectivity index (χ4v) is 4.60. The Labute approximate surface area is 106 Å². The van der Waals surface area contributed by atoms with Crippen LogP contribution < -0.4 is 0 Å². The van der Waals surface area contributed by atoms with Gasteiger partial charge in [-0.15, -0.1) is 0 Å². The average molecular weight is 274 g/mol. The molecule has 0 aliphatic carbocycles. The van der Waals surface area contributed by atoms with Crippen LogP contribution in [0.2, 0.25) is 0 Å². The van der Waals surface area contributed by atoms with Gasteiger partial charge in [-0.3, -0.25) is 4.21 Å².